The number of aliphatic hydroxyl groups excluding tert-OH is 1. The van der Waals surface area contributed by atoms with Gasteiger partial charge in [0.25, 0.3) is 6.01 Å². The third kappa shape index (κ3) is 3.38. The second kappa shape index (κ2) is 7.20. The molecule has 0 radical (unpaired) electrons. The van der Waals surface area contributed by atoms with E-state index in [1.165, 1.54) is 0 Å². The van der Waals surface area contributed by atoms with E-state index < -0.39 is 6.10 Å². The van der Waals surface area contributed by atoms with Crippen LogP contribution < -0.4 is 10.1 Å². The lowest BCUT2D eigenvalue weighted by Crippen LogP contribution is -2.34. The monoisotopic (exact) mass is 417 g/mol. The first-order valence-electron chi connectivity index (χ1n) is 8.97. The van der Waals surface area contributed by atoms with E-state index in [0.29, 0.717) is 40.9 Å². The molecule has 3 aromatic rings. The number of hydrogen-bond donors (Lipinski definition) is 3. The number of nitrogens with zero attached hydrogens (tertiary/aromatic N) is 3. The molecule has 29 heavy (non-hydrogen) atoms. The van der Waals surface area contributed by atoms with Crippen LogP contribution in [0.2, 0.25) is 5.02 Å². The summed E-state index contributed by atoms with van der Waals surface area (Å²) in [6, 6.07) is 7.20. The molecular formula is C18H16ClN5O5. The third-order valence-electron chi connectivity index (χ3n) is 4.85. The van der Waals surface area contributed by atoms with Gasteiger partial charge >= 0.3 is 0 Å². The number of aromatic amines is 1. The lowest BCUT2D eigenvalue weighted by Gasteiger charge is -2.15. The van der Waals surface area contributed by atoms with E-state index in [2.05, 4.69) is 20.3 Å². The largest absolute Gasteiger partial charge is 0.456 e. The Morgan fingerprint density at radius 3 is 3.00 bits per heavy atom. The summed E-state index contributed by atoms with van der Waals surface area (Å²) in [5.74, 6) is 1.25. The van der Waals surface area contributed by atoms with E-state index >= 15 is 0 Å². The summed E-state index contributed by atoms with van der Waals surface area (Å²) < 4.78 is 22.3. The summed E-state index contributed by atoms with van der Waals surface area (Å²) in [6.07, 6.45) is -1.73. The Bertz CT molecular complexity index is 1090. The summed E-state index contributed by atoms with van der Waals surface area (Å²) in [5.41, 5.74) is 1.04. The normalized spacial score (nSPS) is 25.8. The van der Waals surface area contributed by atoms with Crippen molar-refractivity contribution < 1.29 is 23.7 Å². The number of halogens is 1. The lowest BCUT2D eigenvalue weighted by atomic mass is 10.1. The van der Waals surface area contributed by atoms with E-state index in [1.807, 2.05) is 6.07 Å². The Kier molecular flexibility index (Phi) is 4.52. The topological polar surface area (TPSA) is 138 Å². The van der Waals surface area contributed by atoms with Gasteiger partial charge in [-0.15, -0.1) is 0 Å². The van der Waals surface area contributed by atoms with Gasteiger partial charge in [0, 0.05) is 0 Å². The number of anilines is 1. The molecule has 3 aromatic heterocycles. The quantitative estimate of drug-likeness (QED) is 0.564. The Labute approximate surface area is 169 Å². The molecule has 3 N–H and O–H groups in total. The van der Waals surface area contributed by atoms with Crippen LogP contribution in [0.3, 0.4) is 0 Å². The standard InChI is InChI=1S/C18H16ClN5O5/c19-10-3-11-17(23-16(10)21-5-9-2-1-8(4-20)28-9)24-18(22-11)29-13-7-27-14-12(25)6-26-15(13)14/h1-3,12-15,25H,5-7H2,(H2,21,22,23,24)/t12-,13-,14-,15-/m1/s1. The van der Waals surface area contributed by atoms with Gasteiger partial charge < -0.3 is 34.0 Å². The van der Waals surface area contributed by atoms with Gasteiger partial charge in [0.2, 0.25) is 5.76 Å². The zero-order chi connectivity index (χ0) is 20.0. The van der Waals surface area contributed by atoms with E-state index in [4.69, 9.17) is 35.5 Å². The maximum atomic E-state index is 9.82. The van der Waals surface area contributed by atoms with Gasteiger partial charge in [-0.25, -0.2) is 4.98 Å². The molecule has 0 unspecified atom stereocenters. The van der Waals surface area contributed by atoms with Gasteiger partial charge in [0.1, 0.15) is 36.0 Å². The lowest BCUT2D eigenvalue weighted by molar-refractivity contribution is 0.00706. The van der Waals surface area contributed by atoms with Gasteiger partial charge in [-0.3, -0.25) is 0 Å². The second-order valence-corrected chi connectivity index (χ2v) is 7.19. The predicted molar refractivity (Wildman–Crippen MR) is 99.6 cm³/mol. The Balaban J connectivity index is 1.31. The van der Waals surface area contributed by atoms with Gasteiger partial charge in [-0.2, -0.15) is 10.2 Å². The molecule has 5 heterocycles. The number of nitriles is 1. The summed E-state index contributed by atoms with van der Waals surface area (Å²) in [4.78, 5) is 11.8. The first kappa shape index (κ1) is 18.2. The Morgan fingerprint density at radius 2 is 2.17 bits per heavy atom. The summed E-state index contributed by atoms with van der Waals surface area (Å²) in [6.45, 7) is 0.848. The van der Waals surface area contributed by atoms with Crippen LogP contribution in [0.4, 0.5) is 5.82 Å². The van der Waals surface area contributed by atoms with Crippen molar-refractivity contribution in [1.29, 1.82) is 5.26 Å². The first-order chi connectivity index (χ1) is 14.1. The van der Waals surface area contributed by atoms with Crippen LogP contribution in [0, 0.1) is 11.3 Å². The molecule has 0 aliphatic carbocycles. The molecule has 2 saturated heterocycles. The molecule has 0 spiro atoms. The average molecular weight is 418 g/mol. The van der Waals surface area contributed by atoms with Crippen LogP contribution >= 0.6 is 11.6 Å². The minimum atomic E-state index is -0.642. The van der Waals surface area contributed by atoms with Gasteiger partial charge in [0.05, 0.1) is 30.3 Å². The van der Waals surface area contributed by atoms with Gasteiger partial charge in [-0.05, 0) is 18.2 Å². The molecule has 5 rings (SSSR count). The van der Waals surface area contributed by atoms with E-state index in [9.17, 15) is 5.11 Å². The maximum Gasteiger partial charge on any atom is 0.296 e. The Morgan fingerprint density at radius 1 is 1.31 bits per heavy atom. The zero-order valence-electron chi connectivity index (χ0n) is 15.0. The van der Waals surface area contributed by atoms with Crippen molar-refractivity contribution in [2.24, 2.45) is 0 Å². The molecular weight excluding hydrogens is 402 g/mol. The zero-order valence-corrected chi connectivity index (χ0v) is 15.7. The second-order valence-electron chi connectivity index (χ2n) is 6.78. The highest BCUT2D eigenvalue weighted by atomic mass is 35.5. The summed E-state index contributed by atoms with van der Waals surface area (Å²) >= 11 is 6.31. The van der Waals surface area contributed by atoms with Crippen molar-refractivity contribution in [3.05, 3.63) is 34.7 Å². The highest BCUT2D eigenvalue weighted by Gasteiger charge is 2.48. The van der Waals surface area contributed by atoms with Gasteiger partial charge in [0.15, 0.2) is 11.8 Å². The van der Waals surface area contributed by atoms with Crippen molar-refractivity contribution in [2.45, 2.75) is 31.0 Å². The van der Waals surface area contributed by atoms with Crippen molar-refractivity contribution in [1.82, 2.24) is 15.0 Å². The van der Waals surface area contributed by atoms with Crippen molar-refractivity contribution in [3.63, 3.8) is 0 Å². The molecule has 11 heteroatoms. The highest BCUT2D eigenvalue weighted by molar-refractivity contribution is 6.33. The minimum absolute atomic E-state index is 0.229. The fourth-order valence-corrected chi connectivity index (χ4v) is 3.69. The summed E-state index contributed by atoms with van der Waals surface area (Å²) in [5, 5.41) is 22.1. The molecule has 0 aromatic carbocycles. The maximum absolute atomic E-state index is 9.82. The van der Waals surface area contributed by atoms with Crippen LogP contribution in [0.5, 0.6) is 6.01 Å². The van der Waals surface area contributed by atoms with E-state index in [1.54, 1.807) is 18.2 Å². The van der Waals surface area contributed by atoms with Crippen molar-refractivity contribution in [2.75, 3.05) is 18.5 Å². The summed E-state index contributed by atoms with van der Waals surface area (Å²) in [7, 11) is 0. The van der Waals surface area contributed by atoms with Crippen LogP contribution in [0.15, 0.2) is 22.6 Å². The molecule has 2 aliphatic heterocycles. The SMILES string of the molecule is N#Cc1ccc(CNc2nc3nc(O[C@@H]4CO[C@H]5[C@@H]4OC[C@H]5O)[nH]c3cc2Cl)o1. The number of fused-ring (bicyclic) bond motifs is 2. The number of aliphatic hydroxyl groups is 1. The Hall–Kier alpha value is -2.84. The number of nitrogens with one attached hydrogen (secondary N) is 2. The molecule has 10 nitrogen and oxygen atoms in total. The van der Waals surface area contributed by atoms with Crippen LogP contribution in [0.25, 0.3) is 11.2 Å². The molecule has 0 bridgehead atoms. The molecule has 4 atom stereocenters. The number of rotatable bonds is 5. The van der Waals surface area contributed by atoms with Crippen LogP contribution in [-0.4, -0.2) is 57.7 Å². The van der Waals surface area contributed by atoms with Gasteiger partial charge in [-0.1, -0.05) is 11.6 Å². The van der Waals surface area contributed by atoms with E-state index in [0.717, 1.165) is 0 Å². The molecule has 0 saturated carbocycles. The number of ether oxygens (including phenoxy) is 3. The number of H-pyrrole nitrogens is 1. The predicted octanol–water partition coefficient (Wildman–Crippen LogP) is 1.59. The number of hydrogen-bond acceptors (Lipinski definition) is 9. The molecule has 2 fully saturated rings. The minimum Gasteiger partial charge on any atom is -0.456 e. The van der Waals surface area contributed by atoms with Crippen LogP contribution in [0.1, 0.15) is 11.5 Å². The number of pyridine rings is 1. The smallest absolute Gasteiger partial charge is 0.296 e. The fraction of sp³-hybridized carbons (Fsp3) is 0.389. The van der Waals surface area contributed by atoms with Crippen molar-refractivity contribution in [3.8, 4) is 12.1 Å². The number of aromatic nitrogens is 3. The first-order valence-corrected chi connectivity index (χ1v) is 9.35. The molecule has 150 valence electrons. The average Bonchev–Trinajstić information content (AvgIpc) is 3.47. The number of furan rings is 1. The fourth-order valence-electron chi connectivity index (χ4n) is 3.47. The van der Waals surface area contributed by atoms with Crippen molar-refractivity contribution >= 4 is 28.6 Å². The van der Waals surface area contributed by atoms with Crippen LogP contribution in [-0.2, 0) is 16.0 Å². The third-order valence-corrected chi connectivity index (χ3v) is 5.14. The highest BCUT2D eigenvalue weighted by Crippen LogP contribution is 2.30. The number of imidazole rings is 1. The van der Waals surface area contributed by atoms with E-state index in [-0.39, 0.29) is 36.7 Å². The molecule has 2 aliphatic rings. The molecule has 0 amide bonds.